The van der Waals surface area contributed by atoms with Crippen molar-refractivity contribution in [2.24, 2.45) is 0 Å². The summed E-state index contributed by atoms with van der Waals surface area (Å²) in [5.74, 6) is 0.919. The van der Waals surface area contributed by atoms with E-state index in [1.165, 1.54) is 12.1 Å². The number of oxazole rings is 1. The monoisotopic (exact) mass is 487 g/mol. The summed E-state index contributed by atoms with van der Waals surface area (Å²) in [4.78, 5) is 15.7. The van der Waals surface area contributed by atoms with Gasteiger partial charge in [0.2, 0.25) is 5.89 Å². The van der Waals surface area contributed by atoms with Crippen LogP contribution in [0.15, 0.2) is 71.1 Å². The molecule has 1 aromatic heterocycles. The van der Waals surface area contributed by atoms with Gasteiger partial charge in [0.05, 0.1) is 5.69 Å². The fourth-order valence-corrected chi connectivity index (χ4v) is 4.17. The van der Waals surface area contributed by atoms with E-state index in [0.29, 0.717) is 23.8 Å². The predicted octanol–water partition coefficient (Wildman–Crippen LogP) is 7.74. The summed E-state index contributed by atoms with van der Waals surface area (Å²) < 4.78 is 26.0. The highest BCUT2D eigenvalue weighted by atomic mass is 19.1. The maximum Gasteiger partial charge on any atom is 0.303 e. The van der Waals surface area contributed by atoms with Gasteiger partial charge >= 0.3 is 5.97 Å². The molecular weight excluding hydrogens is 457 g/mol. The molecule has 5 nitrogen and oxygen atoms in total. The Kier molecular flexibility index (Phi) is 7.53. The topological polar surface area (TPSA) is 72.6 Å². The predicted molar refractivity (Wildman–Crippen MR) is 138 cm³/mol. The van der Waals surface area contributed by atoms with E-state index in [-0.39, 0.29) is 24.3 Å². The number of aliphatic carboxylic acids is 1. The molecule has 4 aromatic rings. The van der Waals surface area contributed by atoms with Crippen molar-refractivity contribution in [3.8, 4) is 28.3 Å². The first-order chi connectivity index (χ1) is 17.2. The molecule has 0 bridgehead atoms. The fraction of sp³-hybridized carbons (Fsp3) is 0.267. The van der Waals surface area contributed by atoms with Crippen molar-refractivity contribution in [3.05, 3.63) is 95.1 Å². The van der Waals surface area contributed by atoms with E-state index in [2.05, 4.69) is 13.8 Å². The van der Waals surface area contributed by atoms with Crippen LogP contribution >= 0.6 is 0 Å². The van der Waals surface area contributed by atoms with Crippen LogP contribution in [0.4, 0.5) is 4.39 Å². The first kappa shape index (κ1) is 25.2. The van der Waals surface area contributed by atoms with Crippen LogP contribution in [0.3, 0.4) is 0 Å². The Morgan fingerprint density at radius 3 is 2.36 bits per heavy atom. The van der Waals surface area contributed by atoms with E-state index < -0.39 is 5.97 Å². The summed E-state index contributed by atoms with van der Waals surface area (Å²) in [5, 5.41) is 8.94. The lowest BCUT2D eigenvalue weighted by atomic mass is 10.0. The summed E-state index contributed by atoms with van der Waals surface area (Å²) in [6.07, 6.45) is 0.205. The van der Waals surface area contributed by atoms with E-state index in [1.807, 2.05) is 62.4 Å². The quantitative estimate of drug-likeness (QED) is 0.261. The van der Waals surface area contributed by atoms with Gasteiger partial charge in [-0.05, 0) is 84.8 Å². The van der Waals surface area contributed by atoms with Crippen molar-refractivity contribution in [2.45, 2.75) is 52.6 Å². The molecule has 36 heavy (non-hydrogen) atoms. The molecule has 6 heteroatoms. The van der Waals surface area contributed by atoms with Crippen LogP contribution in [0.2, 0.25) is 0 Å². The number of ether oxygens (including phenoxy) is 1. The van der Waals surface area contributed by atoms with Crippen LogP contribution in [-0.4, -0.2) is 16.1 Å². The maximum atomic E-state index is 13.6. The smallest absolute Gasteiger partial charge is 0.303 e. The third kappa shape index (κ3) is 5.82. The minimum atomic E-state index is -0.811. The average molecular weight is 488 g/mol. The fourth-order valence-electron chi connectivity index (χ4n) is 4.17. The molecule has 3 aromatic carbocycles. The second-order valence-corrected chi connectivity index (χ2v) is 9.25. The van der Waals surface area contributed by atoms with Crippen molar-refractivity contribution in [1.82, 2.24) is 4.98 Å². The summed E-state index contributed by atoms with van der Waals surface area (Å²) in [6, 6.07) is 19.9. The van der Waals surface area contributed by atoms with Crippen LogP contribution in [-0.2, 0) is 11.2 Å². The molecule has 0 radical (unpaired) electrons. The van der Waals surface area contributed by atoms with Crippen LogP contribution in [0, 0.1) is 12.7 Å². The molecule has 0 spiro atoms. The SMILES string of the molecule is Cc1cc(OC(C)c2oc(-c3ccc(-c4cccc(F)c4)cc3)nc2C(C)C)ccc1CCC(=O)O. The van der Waals surface area contributed by atoms with Gasteiger partial charge in [-0.15, -0.1) is 0 Å². The molecule has 0 aliphatic rings. The van der Waals surface area contributed by atoms with E-state index in [0.717, 1.165) is 33.5 Å². The molecule has 4 rings (SSSR count). The molecule has 1 N–H and O–H groups in total. The van der Waals surface area contributed by atoms with Crippen molar-refractivity contribution in [2.75, 3.05) is 0 Å². The molecule has 0 aliphatic heterocycles. The molecule has 186 valence electrons. The van der Waals surface area contributed by atoms with Crippen molar-refractivity contribution >= 4 is 5.97 Å². The van der Waals surface area contributed by atoms with E-state index in [9.17, 15) is 9.18 Å². The van der Waals surface area contributed by atoms with Gasteiger partial charge in [-0.2, -0.15) is 0 Å². The highest BCUT2D eigenvalue weighted by Crippen LogP contribution is 2.34. The molecule has 0 saturated heterocycles. The number of aryl methyl sites for hydroxylation is 2. The zero-order valence-electron chi connectivity index (χ0n) is 20.9. The highest BCUT2D eigenvalue weighted by Gasteiger charge is 2.23. The van der Waals surface area contributed by atoms with Gasteiger partial charge in [0, 0.05) is 12.0 Å². The number of hydrogen-bond donors (Lipinski definition) is 1. The summed E-state index contributed by atoms with van der Waals surface area (Å²) in [7, 11) is 0. The molecule has 0 saturated carbocycles. The molecular formula is C30H30FNO4. The lowest BCUT2D eigenvalue weighted by Crippen LogP contribution is -2.06. The highest BCUT2D eigenvalue weighted by molar-refractivity contribution is 5.68. The minimum Gasteiger partial charge on any atom is -0.483 e. The third-order valence-electron chi connectivity index (χ3n) is 6.12. The molecule has 1 heterocycles. The molecule has 1 unspecified atom stereocenters. The number of benzene rings is 3. The van der Waals surface area contributed by atoms with Gasteiger partial charge < -0.3 is 14.3 Å². The first-order valence-electron chi connectivity index (χ1n) is 12.1. The second-order valence-electron chi connectivity index (χ2n) is 9.25. The van der Waals surface area contributed by atoms with Gasteiger partial charge in [-0.1, -0.05) is 44.2 Å². The van der Waals surface area contributed by atoms with Gasteiger partial charge in [-0.3, -0.25) is 4.79 Å². The zero-order valence-corrected chi connectivity index (χ0v) is 20.9. The van der Waals surface area contributed by atoms with Crippen LogP contribution in [0.5, 0.6) is 5.75 Å². The number of carbonyl (C=O) groups is 1. The standard InChI is InChI=1S/C30H30FNO4/c1-18(2)28-29(20(4)35-26-14-12-21(19(3)16-26)13-15-27(33)34)36-30(32-28)23-10-8-22(9-11-23)24-6-5-7-25(31)17-24/h5-12,14,16-18,20H,13,15H2,1-4H3,(H,33,34). The Morgan fingerprint density at radius 1 is 1.00 bits per heavy atom. The van der Waals surface area contributed by atoms with Crippen molar-refractivity contribution in [1.29, 1.82) is 0 Å². The zero-order chi connectivity index (χ0) is 25.8. The Bertz CT molecular complexity index is 1360. The molecule has 0 fully saturated rings. The lowest BCUT2D eigenvalue weighted by Gasteiger charge is -2.16. The van der Waals surface area contributed by atoms with Crippen LogP contribution in [0.25, 0.3) is 22.6 Å². The Morgan fingerprint density at radius 2 is 1.72 bits per heavy atom. The summed E-state index contributed by atoms with van der Waals surface area (Å²) in [6.45, 7) is 8.00. The number of rotatable bonds is 9. The molecule has 0 aliphatic carbocycles. The molecule has 1 atom stereocenters. The summed E-state index contributed by atoms with van der Waals surface area (Å²) >= 11 is 0. The Labute approximate surface area is 210 Å². The lowest BCUT2D eigenvalue weighted by molar-refractivity contribution is -0.136. The van der Waals surface area contributed by atoms with Gasteiger partial charge in [0.25, 0.3) is 0 Å². The maximum absolute atomic E-state index is 13.6. The van der Waals surface area contributed by atoms with E-state index >= 15 is 0 Å². The summed E-state index contributed by atoms with van der Waals surface area (Å²) in [5.41, 5.74) is 5.36. The van der Waals surface area contributed by atoms with Crippen molar-refractivity contribution in [3.63, 3.8) is 0 Å². The minimum absolute atomic E-state index is 0.0965. The Hall–Kier alpha value is -3.93. The number of carboxylic acids is 1. The van der Waals surface area contributed by atoms with E-state index in [1.54, 1.807) is 6.07 Å². The normalized spacial score (nSPS) is 12.1. The van der Waals surface area contributed by atoms with Crippen LogP contribution in [0.1, 0.15) is 61.8 Å². The first-order valence-corrected chi connectivity index (χ1v) is 12.1. The number of halogens is 1. The third-order valence-corrected chi connectivity index (χ3v) is 6.12. The van der Waals surface area contributed by atoms with Crippen LogP contribution < -0.4 is 4.74 Å². The number of hydrogen-bond acceptors (Lipinski definition) is 4. The number of carboxylic acid groups (broad SMARTS) is 1. The number of nitrogens with zero attached hydrogens (tertiary/aromatic N) is 1. The Balaban J connectivity index is 1.55. The van der Waals surface area contributed by atoms with Gasteiger partial charge in [0.15, 0.2) is 11.9 Å². The van der Waals surface area contributed by atoms with Gasteiger partial charge in [-0.25, -0.2) is 9.37 Å². The second kappa shape index (κ2) is 10.8. The van der Waals surface area contributed by atoms with Gasteiger partial charge in [0.1, 0.15) is 11.6 Å². The molecule has 0 amide bonds. The largest absolute Gasteiger partial charge is 0.483 e. The van der Waals surface area contributed by atoms with Crippen molar-refractivity contribution < 1.29 is 23.4 Å². The van der Waals surface area contributed by atoms with E-state index in [4.69, 9.17) is 19.2 Å². The average Bonchev–Trinajstić information content (AvgIpc) is 3.30. The number of aromatic nitrogens is 1.